The highest BCUT2D eigenvalue weighted by Gasteiger charge is 2.11. The van der Waals surface area contributed by atoms with Gasteiger partial charge in [-0.05, 0) is 61.0 Å². The maximum atomic E-state index is 5.53. The van der Waals surface area contributed by atoms with Gasteiger partial charge in [0.1, 0.15) is 0 Å². The van der Waals surface area contributed by atoms with E-state index in [1.807, 2.05) is 0 Å². The number of H-pyrrole nitrogens is 1. The number of fused-ring (bicyclic) bond motifs is 1. The van der Waals surface area contributed by atoms with Gasteiger partial charge >= 0.3 is 0 Å². The van der Waals surface area contributed by atoms with Gasteiger partial charge in [0.05, 0.1) is 16.7 Å². The van der Waals surface area contributed by atoms with Crippen molar-refractivity contribution >= 4 is 39.2 Å². The van der Waals surface area contributed by atoms with E-state index < -0.39 is 0 Å². The standard InChI is InChI=1S/C16H15BrN2S/c1-3-11-9-12(17)7-8-14(11)19-15-10(2)5-4-6-13(15)18-16(19)20/h4-9H,3H2,1-2H3,(H,18,20). The van der Waals surface area contributed by atoms with Crippen LogP contribution in [0.25, 0.3) is 16.7 Å². The van der Waals surface area contributed by atoms with Crippen LogP contribution in [0.15, 0.2) is 40.9 Å². The molecule has 0 unspecified atom stereocenters. The minimum absolute atomic E-state index is 0.742. The second kappa shape index (κ2) is 5.19. The third kappa shape index (κ3) is 2.13. The van der Waals surface area contributed by atoms with Crippen molar-refractivity contribution in [3.05, 3.63) is 56.8 Å². The predicted octanol–water partition coefficient (Wildman–Crippen LogP) is 5.32. The van der Waals surface area contributed by atoms with Crippen molar-refractivity contribution in [2.24, 2.45) is 0 Å². The Bertz CT molecular complexity index is 845. The summed E-state index contributed by atoms with van der Waals surface area (Å²) >= 11 is 9.07. The van der Waals surface area contributed by atoms with E-state index in [9.17, 15) is 0 Å². The van der Waals surface area contributed by atoms with Crippen LogP contribution in [0.4, 0.5) is 0 Å². The zero-order chi connectivity index (χ0) is 14.3. The Morgan fingerprint density at radius 3 is 2.80 bits per heavy atom. The first-order valence-electron chi connectivity index (χ1n) is 6.61. The normalized spacial score (nSPS) is 11.2. The quantitative estimate of drug-likeness (QED) is 0.622. The second-order valence-electron chi connectivity index (χ2n) is 4.86. The van der Waals surface area contributed by atoms with Gasteiger partial charge in [0, 0.05) is 4.47 Å². The van der Waals surface area contributed by atoms with E-state index >= 15 is 0 Å². The molecule has 4 heteroatoms. The zero-order valence-corrected chi connectivity index (χ0v) is 13.8. The van der Waals surface area contributed by atoms with Gasteiger partial charge in [-0.2, -0.15) is 0 Å². The van der Waals surface area contributed by atoms with Gasteiger partial charge in [-0.25, -0.2) is 0 Å². The van der Waals surface area contributed by atoms with E-state index in [2.05, 4.69) is 75.7 Å². The first kappa shape index (κ1) is 13.6. The maximum absolute atomic E-state index is 5.53. The Labute approximate surface area is 131 Å². The number of para-hydroxylation sites is 1. The van der Waals surface area contributed by atoms with Crippen molar-refractivity contribution in [1.82, 2.24) is 9.55 Å². The number of aromatic nitrogens is 2. The predicted molar refractivity (Wildman–Crippen MR) is 90.3 cm³/mol. The van der Waals surface area contributed by atoms with Crippen LogP contribution in [-0.4, -0.2) is 9.55 Å². The molecule has 2 nitrogen and oxygen atoms in total. The lowest BCUT2D eigenvalue weighted by Crippen LogP contribution is -2.00. The van der Waals surface area contributed by atoms with Crippen molar-refractivity contribution in [2.75, 3.05) is 0 Å². The fourth-order valence-corrected chi connectivity index (χ4v) is 3.32. The fourth-order valence-electron chi connectivity index (χ4n) is 2.61. The molecule has 0 radical (unpaired) electrons. The smallest absolute Gasteiger partial charge is 0.182 e. The number of halogens is 1. The van der Waals surface area contributed by atoms with Crippen molar-refractivity contribution in [3.8, 4) is 5.69 Å². The molecular weight excluding hydrogens is 332 g/mol. The number of aryl methyl sites for hydroxylation is 2. The minimum Gasteiger partial charge on any atom is -0.330 e. The van der Waals surface area contributed by atoms with E-state index in [-0.39, 0.29) is 0 Å². The van der Waals surface area contributed by atoms with Gasteiger partial charge in [-0.3, -0.25) is 4.57 Å². The average Bonchev–Trinajstić information content (AvgIpc) is 2.76. The molecule has 3 aromatic rings. The highest BCUT2D eigenvalue weighted by molar-refractivity contribution is 9.10. The van der Waals surface area contributed by atoms with Crippen LogP contribution < -0.4 is 0 Å². The highest BCUT2D eigenvalue weighted by atomic mass is 79.9. The molecule has 0 saturated carbocycles. The SMILES string of the molecule is CCc1cc(Br)ccc1-n1c(=S)[nH]c2cccc(C)c21. The summed E-state index contributed by atoms with van der Waals surface area (Å²) in [6.45, 7) is 4.28. The number of benzene rings is 2. The molecule has 1 heterocycles. The molecule has 0 aliphatic rings. The maximum Gasteiger partial charge on any atom is 0.182 e. The Morgan fingerprint density at radius 2 is 2.05 bits per heavy atom. The summed E-state index contributed by atoms with van der Waals surface area (Å²) in [5, 5.41) is 0. The first-order chi connectivity index (χ1) is 9.61. The van der Waals surface area contributed by atoms with Gasteiger partial charge in [-0.1, -0.05) is 35.0 Å². The number of imidazole rings is 1. The Morgan fingerprint density at radius 1 is 1.25 bits per heavy atom. The second-order valence-corrected chi connectivity index (χ2v) is 6.17. The molecule has 2 aromatic carbocycles. The molecule has 1 N–H and O–H groups in total. The van der Waals surface area contributed by atoms with Crippen molar-refractivity contribution in [3.63, 3.8) is 0 Å². The van der Waals surface area contributed by atoms with Crippen LogP contribution in [0, 0.1) is 11.7 Å². The molecule has 0 fully saturated rings. The monoisotopic (exact) mass is 346 g/mol. The van der Waals surface area contributed by atoms with E-state index in [0.29, 0.717) is 0 Å². The molecule has 1 aromatic heterocycles. The lowest BCUT2D eigenvalue weighted by Gasteiger charge is -2.12. The van der Waals surface area contributed by atoms with E-state index in [4.69, 9.17) is 12.2 Å². The van der Waals surface area contributed by atoms with Crippen molar-refractivity contribution in [1.29, 1.82) is 0 Å². The lowest BCUT2D eigenvalue weighted by molar-refractivity contribution is 1.01. The largest absolute Gasteiger partial charge is 0.330 e. The fraction of sp³-hybridized carbons (Fsp3) is 0.188. The Balaban J connectivity index is 2.41. The molecule has 0 aliphatic carbocycles. The van der Waals surface area contributed by atoms with Crippen molar-refractivity contribution in [2.45, 2.75) is 20.3 Å². The van der Waals surface area contributed by atoms with Gasteiger partial charge in [-0.15, -0.1) is 0 Å². The summed E-state index contributed by atoms with van der Waals surface area (Å²) in [6, 6.07) is 12.6. The molecule has 20 heavy (non-hydrogen) atoms. The molecule has 0 bridgehead atoms. The number of nitrogens with zero attached hydrogens (tertiary/aromatic N) is 1. The molecule has 0 amide bonds. The van der Waals surface area contributed by atoms with E-state index in [1.165, 1.54) is 11.1 Å². The summed E-state index contributed by atoms with van der Waals surface area (Å²) in [4.78, 5) is 3.30. The highest BCUT2D eigenvalue weighted by Crippen LogP contribution is 2.27. The zero-order valence-electron chi connectivity index (χ0n) is 11.4. The molecule has 102 valence electrons. The van der Waals surface area contributed by atoms with E-state index in [1.54, 1.807) is 0 Å². The lowest BCUT2D eigenvalue weighted by atomic mass is 10.1. The minimum atomic E-state index is 0.742. The first-order valence-corrected chi connectivity index (χ1v) is 7.81. The summed E-state index contributed by atoms with van der Waals surface area (Å²) in [6.07, 6.45) is 0.967. The number of nitrogens with one attached hydrogen (secondary N) is 1. The molecule has 3 rings (SSSR count). The molecular formula is C16H15BrN2S. The third-order valence-electron chi connectivity index (χ3n) is 3.57. The molecule has 0 saturated heterocycles. The van der Waals surface area contributed by atoms with Crippen LogP contribution >= 0.6 is 28.1 Å². The van der Waals surface area contributed by atoms with Crippen LogP contribution in [0.5, 0.6) is 0 Å². The molecule has 0 aliphatic heterocycles. The third-order valence-corrected chi connectivity index (χ3v) is 4.35. The van der Waals surface area contributed by atoms with Gasteiger partial charge in [0.15, 0.2) is 4.77 Å². The number of aromatic amines is 1. The topological polar surface area (TPSA) is 20.7 Å². The van der Waals surface area contributed by atoms with Crippen molar-refractivity contribution < 1.29 is 0 Å². The molecule has 0 atom stereocenters. The van der Waals surface area contributed by atoms with Gasteiger partial charge in [0.25, 0.3) is 0 Å². The number of hydrogen-bond acceptors (Lipinski definition) is 1. The Hall–Kier alpha value is -1.39. The number of hydrogen-bond donors (Lipinski definition) is 1. The summed E-state index contributed by atoms with van der Waals surface area (Å²) in [7, 11) is 0. The van der Waals surface area contributed by atoms with Crippen LogP contribution in [-0.2, 0) is 6.42 Å². The van der Waals surface area contributed by atoms with Gasteiger partial charge in [0.2, 0.25) is 0 Å². The van der Waals surface area contributed by atoms with Crippen LogP contribution in [0.1, 0.15) is 18.1 Å². The average molecular weight is 347 g/mol. The van der Waals surface area contributed by atoms with Crippen LogP contribution in [0.2, 0.25) is 0 Å². The Kier molecular flexibility index (Phi) is 3.52. The summed E-state index contributed by atoms with van der Waals surface area (Å²) in [5.41, 5.74) is 5.90. The summed E-state index contributed by atoms with van der Waals surface area (Å²) in [5.74, 6) is 0. The van der Waals surface area contributed by atoms with Gasteiger partial charge < -0.3 is 4.98 Å². The van der Waals surface area contributed by atoms with E-state index in [0.717, 1.165) is 32.4 Å². The number of rotatable bonds is 2. The summed E-state index contributed by atoms with van der Waals surface area (Å²) < 4.78 is 3.98. The molecule has 0 spiro atoms. The van der Waals surface area contributed by atoms with Crippen LogP contribution in [0.3, 0.4) is 0 Å².